The van der Waals surface area contributed by atoms with Gasteiger partial charge in [0, 0.05) is 39.4 Å². The standard InChI is InChI=1S/C23H25BrN2O2.C12H8Br2O.CH4/c1-23(2,3)28-22(27)26-10-4-5-21(26)20-13-18(14-25-20)16-6-7-17-12-19(24)9-8-15(17)11-16;13-7-12(15)10-2-1-9-6-11(14)4-3-8(9)5-10;/h6-9,11-12,14,21H,4-5,10,13H2,1-3H3;1-6H,7H2;1H4/t21-;;/m0../s1. The minimum atomic E-state index is -0.481. The highest BCUT2D eigenvalue weighted by Crippen LogP contribution is 2.32. The van der Waals surface area contributed by atoms with Gasteiger partial charge in [-0.3, -0.25) is 14.7 Å². The zero-order valence-electron chi connectivity index (χ0n) is 24.4. The Morgan fingerprint density at radius 1 is 0.886 bits per heavy atom. The van der Waals surface area contributed by atoms with Crippen molar-refractivity contribution < 1.29 is 14.3 Å². The van der Waals surface area contributed by atoms with Crippen molar-refractivity contribution in [2.24, 2.45) is 4.99 Å². The highest BCUT2D eigenvalue weighted by Gasteiger charge is 2.36. The fourth-order valence-electron chi connectivity index (χ4n) is 5.36. The number of fused-ring (bicyclic) bond motifs is 2. The summed E-state index contributed by atoms with van der Waals surface area (Å²) >= 11 is 10.1. The molecule has 4 aromatic rings. The first-order valence-corrected chi connectivity index (χ1v) is 16.9. The average Bonchev–Trinajstić information content (AvgIpc) is 3.66. The van der Waals surface area contributed by atoms with Crippen LogP contribution in [0.1, 0.15) is 63.4 Å². The molecule has 2 heterocycles. The van der Waals surface area contributed by atoms with Gasteiger partial charge in [0.25, 0.3) is 0 Å². The number of amides is 1. The van der Waals surface area contributed by atoms with Crippen LogP contribution in [0.15, 0.2) is 92.9 Å². The third-order valence-electron chi connectivity index (χ3n) is 7.44. The van der Waals surface area contributed by atoms with E-state index >= 15 is 0 Å². The van der Waals surface area contributed by atoms with Crippen molar-refractivity contribution in [3.8, 4) is 0 Å². The predicted molar refractivity (Wildman–Crippen MR) is 194 cm³/mol. The number of ketones is 1. The molecule has 0 aliphatic carbocycles. The second-order valence-corrected chi connectivity index (χ2v) is 14.1. The molecule has 6 rings (SSSR count). The largest absolute Gasteiger partial charge is 0.444 e. The fourth-order valence-corrected chi connectivity index (χ4v) is 6.44. The Bertz CT molecular complexity index is 1760. The summed E-state index contributed by atoms with van der Waals surface area (Å²) in [5.74, 6) is 0.111. The van der Waals surface area contributed by atoms with Crippen molar-refractivity contribution in [3.63, 3.8) is 0 Å². The molecule has 0 spiro atoms. The maximum absolute atomic E-state index is 12.6. The van der Waals surface area contributed by atoms with E-state index in [0.717, 1.165) is 56.8 Å². The Morgan fingerprint density at radius 2 is 1.48 bits per heavy atom. The van der Waals surface area contributed by atoms with E-state index in [0.29, 0.717) is 5.33 Å². The van der Waals surface area contributed by atoms with Gasteiger partial charge in [-0.15, -0.1) is 0 Å². The number of benzene rings is 4. The van der Waals surface area contributed by atoms with Gasteiger partial charge in [0.2, 0.25) is 0 Å². The lowest BCUT2D eigenvalue weighted by atomic mass is 9.97. The summed E-state index contributed by atoms with van der Waals surface area (Å²) in [7, 11) is 0. The van der Waals surface area contributed by atoms with Crippen molar-refractivity contribution in [1.82, 2.24) is 4.90 Å². The molecule has 0 N–H and O–H groups in total. The predicted octanol–water partition coefficient (Wildman–Crippen LogP) is 11.0. The lowest BCUT2D eigenvalue weighted by Gasteiger charge is -2.28. The number of nitrogens with zero attached hydrogens (tertiary/aromatic N) is 2. The summed E-state index contributed by atoms with van der Waals surface area (Å²) in [5.41, 5.74) is 3.73. The maximum Gasteiger partial charge on any atom is 0.410 e. The maximum atomic E-state index is 12.6. The zero-order chi connectivity index (χ0) is 30.7. The van der Waals surface area contributed by atoms with Gasteiger partial charge in [-0.25, -0.2) is 4.79 Å². The summed E-state index contributed by atoms with van der Waals surface area (Å²) < 4.78 is 7.73. The summed E-state index contributed by atoms with van der Waals surface area (Å²) in [6.07, 6.45) is 4.45. The summed E-state index contributed by atoms with van der Waals surface area (Å²) in [5, 5.41) is 5.02. The normalized spacial score (nSPS) is 16.1. The quantitative estimate of drug-likeness (QED) is 0.153. The number of hydrogen-bond acceptors (Lipinski definition) is 4. The van der Waals surface area contributed by atoms with E-state index in [9.17, 15) is 9.59 Å². The number of likely N-dealkylation sites (tertiary alicyclic amines) is 1. The van der Waals surface area contributed by atoms with Crippen molar-refractivity contribution in [2.75, 3.05) is 11.9 Å². The molecule has 8 heteroatoms. The molecule has 1 fully saturated rings. The van der Waals surface area contributed by atoms with Crippen LogP contribution in [0.2, 0.25) is 0 Å². The third-order valence-corrected chi connectivity index (χ3v) is 8.94. The Hall–Kier alpha value is -2.81. The Balaban J connectivity index is 0.000000234. The van der Waals surface area contributed by atoms with E-state index in [4.69, 9.17) is 9.73 Å². The van der Waals surface area contributed by atoms with Gasteiger partial charge in [0.1, 0.15) is 5.60 Å². The number of carbonyl (C=O) groups is 2. The molecule has 0 radical (unpaired) electrons. The SMILES string of the molecule is C.CC(C)(C)OC(=O)N1CCC[C@H]1C1=NC=C(c2ccc3cc(Br)ccc3c2)C1.O=C(CBr)c1ccc2cc(Br)ccc2c1. The van der Waals surface area contributed by atoms with E-state index in [-0.39, 0.29) is 25.3 Å². The number of carbonyl (C=O) groups excluding carboxylic acids is 2. The number of halogens is 3. The Kier molecular flexibility index (Phi) is 11.2. The molecule has 1 atom stereocenters. The van der Waals surface area contributed by atoms with Gasteiger partial charge in [-0.2, -0.15) is 0 Å². The minimum Gasteiger partial charge on any atom is -0.444 e. The number of Topliss-reactive ketones (excluding diaryl/α,β-unsaturated/α-hetero) is 1. The van der Waals surface area contributed by atoms with Gasteiger partial charge >= 0.3 is 6.09 Å². The summed E-state index contributed by atoms with van der Waals surface area (Å²) in [6.45, 7) is 6.45. The zero-order valence-corrected chi connectivity index (χ0v) is 29.1. The molecule has 230 valence electrons. The number of hydrogen-bond donors (Lipinski definition) is 0. The molecule has 0 saturated carbocycles. The molecular formula is C36H37Br3N2O3. The summed E-state index contributed by atoms with van der Waals surface area (Å²) in [4.78, 5) is 30.6. The molecular weight excluding hydrogens is 748 g/mol. The number of aliphatic imine (C=N–C) groups is 1. The van der Waals surface area contributed by atoms with Gasteiger partial charge in [-0.1, -0.05) is 91.6 Å². The van der Waals surface area contributed by atoms with Crippen LogP contribution >= 0.6 is 47.8 Å². The van der Waals surface area contributed by atoms with Crippen molar-refractivity contribution in [3.05, 3.63) is 99.1 Å². The van der Waals surface area contributed by atoms with E-state index in [1.165, 1.54) is 21.9 Å². The molecule has 4 aromatic carbocycles. The van der Waals surface area contributed by atoms with Crippen LogP contribution in [0.4, 0.5) is 4.79 Å². The van der Waals surface area contributed by atoms with E-state index in [2.05, 4.69) is 84.2 Å². The molecule has 2 aliphatic heterocycles. The van der Waals surface area contributed by atoms with Crippen molar-refractivity contribution >= 4 is 92.5 Å². The van der Waals surface area contributed by atoms with Crippen molar-refractivity contribution in [2.45, 2.75) is 59.1 Å². The number of alkyl halides is 1. The smallest absolute Gasteiger partial charge is 0.410 e. The lowest BCUT2D eigenvalue weighted by molar-refractivity contribution is 0.0265. The number of ether oxygens (including phenoxy) is 1. The lowest BCUT2D eigenvalue weighted by Crippen LogP contribution is -2.43. The first-order chi connectivity index (χ1) is 20.5. The molecule has 1 saturated heterocycles. The van der Waals surface area contributed by atoms with Crippen LogP contribution in [-0.4, -0.2) is 46.0 Å². The first-order valence-electron chi connectivity index (χ1n) is 14.2. The highest BCUT2D eigenvalue weighted by atomic mass is 79.9. The molecule has 2 aliphatic rings. The van der Waals surface area contributed by atoms with Gasteiger partial charge in [0.05, 0.1) is 11.4 Å². The molecule has 1 amide bonds. The fraction of sp³-hybridized carbons (Fsp3) is 0.306. The second-order valence-electron chi connectivity index (χ2n) is 11.8. The van der Waals surface area contributed by atoms with Crippen LogP contribution in [0, 0.1) is 0 Å². The summed E-state index contributed by atoms with van der Waals surface area (Å²) in [6, 6.07) is 24.6. The monoisotopic (exact) mass is 782 g/mol. The molecule has 44 heavy (non-hydrogen) atoms. The average molecular weight is 785 g/mol. The number of rotatable bonds is 4. The minimum absolute atomic E-state index is 0. The Labute approximate surface area is 285 Å². The van der Waals surface area contributed by atoms with Crippen LogP contribution in [0.5, 0.6) is 0 Å². The Morgan fingerprint density at radius 3 is 2.11 bits per heavy atom. The topological polar surface area (TPSA) is 59.0 Å². The van der Waals surface area contributed by atoms with Gasteiger partial charge in [-0.05, 0) is 103 Å². The highest BCUT2D eigenvalue weighted by molar-refractivity contribution is 9.10. The van der Waals surface area contributed by atoms with Crippen LogP contribution in [0.25, 0.3) is 27.1 Å². The number of allylic oxidation sites excluding steroid dienone is 1. The van der Waals surface area contributed by atoms with Crippen LogP contribution in [-0.2, 0) is 4.74 Å². The molecule has 0 bridgehead atoms. The van der Waals surface area contributed by atoms with E-state index in [1.807, 2.05) is 68.3 Å². The molecule has 0 aromatic heterocycles. The van der Waals surface area contributed by atoms with Crippen LogP contribution in [0.3, 0.4) is 0 Å². The van der Waals surface area contributed by atoms with Gasteiger partial charge in [0.15, 0.2) is 5.78 Å². The van der Waals surface area contributed by atoms with E-state index in [1.54, 1.807) is 0 Å². The van der Waals surface area contributed by atoms with E-state index < -0.39 is 5.60 Å². The molecule has 5 nitrogen and oxygen atoms in total. The van der Waals surface area contributed by atoms with Crippen molar-refractivity contribution in [1.29, 1.82) is 0 Å². The second kappa shape index (κ2) is 14.5. The third kappa shape index (κ3) is 8.26. The molecule has 0 unspecified atom stereocenters. The van der Waals surface area contributed by atoms with Gasteiger partial charge < -0.3 is 4.74 Å². The van der Waals surface area contributed by atoms with Crippen LogP contribution < -0.4 is 0 Å². The first kappa shape index (κ1) is 34.1.